The molecule has 0 saturated carbocycles. The molecule has 0 bridgehead atoms. The van der Waals surface area contributed by atoms with Gasteiger partial charge >= 0.3 is 0 Å². The minimum Gasteiger partial charge on any atom is -0.377 e. The van der Waals surface area contributed by atoms with Gasteiger partial charge in [-0.25, -0.2) is 13.1 Å². The van der Waals surface area contributed by atoms with Gasteiger partial charge in [0.15, 0.2) is 5.03 Å². The van der Waals surface area contributed by atoms with Crippen LogP contribution >= 0.6 is 0 Å². The molecule has 0 aromatic carbocycles. The van der Waals surface area contributed by atoms with Crippen molar-refractivity contribution in [3.8, 4) is 0 Å². The van der Waals surface area contributed by atoms with Crippen molar-refractivity contribution in [2.75, 3.05) is 20.2 Å². The third kappa shape index (κ3) is 4.57. The molecule has 1 rings (SSSR count). The molecule has 0 unspecified atom stereocenters. The molecule has 110 valence electrons. The third-order valence-corrected chi connectivity index (χ3v) is 3.92. The van der Waals surface area contributed by atoms with Crippen LogP contribution in [0.2, 0.25) is 0 Å². The fraction of sp³-hybridized carbons (Fsp3) is 0.727. The molecule has 1 heterocycles. The van der Waals surface area contributed by atoms with E-state index in [1.165, 1.54) is 0 Å². The van der Waals surface area contributed by atoms with Crippen molar-refractivity contribution in [2.24, 2.45) is 0 Å². The van der Waals surface area contributed by atoms with Gasteiger partial charge in [-0.05, 0) is 27.8 Å². The van der Waals surface area contributed by atoms with Crippen LogP contribution in [0.3, 0.4) is 0 Å². The second kappa shape index (κ2) is 6.99. The van der Waals surface area contributed by atoms with Crippen molar-refractivity contribution in [1.29, 1.82) is 0 Å². The van der Waals surface area contributed by atoms with Crippen LogP contribution in [0.1, 0.15) is 25.1 Å². The van der Waals surface area contributed by atoms with Crippen LogP contribution in [-0.2, 0) is 21.3 Å². The van der Waals surface area contributed by atoms with Gasteiger partial charge in [0.25, 0.3) is 10.0 Å². The summed E-state index contributed by atoms with van der Waals surface area (Å²) in [4.78, 5) is 0. The quantitative estimate of drug-likeness (QED) is 0.592. The van der Waals surface area contributed by atoms with Crippen LogP contribution in [0.25, 0.3) is 0 Å². The van der Waals surface area contributed by atoms with Crippen molar-refractivity contribution in [2.45, 2.75) is 38.4 Å². The van der Waals surface area contributed by atoms with E-state index in [1.54, 1.807) is 14.0 Å². The van der Waals surface area contributed by atoms with Crippen LogP contribution in [0, 0.1) is 6.92 Å². The summed E-state index contributed by atoms with van der Waals surface area (Å²) in [6.45, 7) is 6.60. The third-order valence-electron chi connectivity index (χ3n) is 2.49. The summed E-state index contributed by atoms with van der Waals surface area (Å²) in [6, 6.07) is 0. The molecule has 3 N–H and O–H groups in total. The topological polar surface area (TPSA) is 96.1 Å². The largest absolute Gasteiger partial charge is 0.377 e. The number of hydrogen-bond donors (Lipinski definition) is 3. The SMILES string of the molecule is CNCc1c(S(=O)(=O)NCCOC(C)C)n[nH]c1C. The summed E-state index contributed by atoms with van der Waals surface area (Å²) in [5.41, 5.74) is 1.40. The van der Waals surface area contributed by atoms with Gasteiger partial charge in [0.1, 0.15) is 0 Å². The average Bonchev–Trinajstić information content (AvgIpc) is 2.68. The van der Waals surface area contributed by atoms with E-state index in [4.69, 9.17) is 4.74 Å². The monoisotopic (exact) mass is 290 g/mol. The first-order valence-corrected chi connectivity index (χ1v) is 7.66. The van der Waals surface area contributed by atoms with Crippen LogP contribution in [0.5, 0.6) is 0 Å². The maximum Gasteiger partial charge on any atom is 0.260 e. The molecular formula is C11H22N4O3S. The number of nitrogens with one attached hydrogen (secondary N) is 3. The summed E-state index contributed by atoms with van der Waals surface area (Å²) in [7, 11) is -1.85. The zero-order chi connectivity index (χ0) is 14.5. The molecule has 8 heteroatoms. The molecule has 0 aliphatic carbocycles. The van der Waals surface area contributed by atoms with Crippen LogP contribution in [0.15, 0.2) is 5.03 Å². The lowest BCUT2D eigenvalue weighted by Gasteiger charge is -2.09. The van der Waals surface area contributed by atoms with E-state index in [9.17, 15) is 8.42 Å². The number of nitrogens with zero attached hydrogens (tertiary/aromatic N) is 1. The zero-order valence-electron chi connectivity index (χ0n) is 11.8. The Morgan fingerprint density at radius 3 is 2.68 bits per heavy atom. The first kappa shape index (κ1) is 16.1. The minimum atomic E-state index is -3.60. The van der Waals surface area contributed by atoms with Crippen LogP contribution < -0.4 is 10.0 Å². The molecule has 0 fully saturated rings. The number of sulfonamides is 1. The molecule has 0 atom stereocenters. The fourth-order valence-electron chi connectivity index (χ4n) is 1.58. The van der Waals surface area contributed by atoms with Crippen molar-refractivity contribution in [3.63, 3.8) is 0 Å². The lowest BCUT2D eigenvalue weighted by molar-refractivity contribution is 0.0833. The molecule has 0 spiro atoms. The van der Waals surface area contributed by atoms with Gasteiger partial charge in [-0.3, -0.25) is 5.10 Å². The Morgan fingerprint density at radius 2 is 2.11 bits per heavy atom. The summed E-state index contributed by atoms with van der Waals surface area (Å²) in [5, 5.41) is 9.53. The Balaban J connectivity index is 2.72. The molecule has 0 saturated heterocycles. The molecule has 0 aliphatic heterocycles. The van der Waals surface area contributed by atoms with Crippen molar-refractivity contribution in [1.82, 2.24) is 20.2 Å². The highest BCUT2D eigenvalue weighted by Gasteiger charge is 2.22. The number of aromatic nitrogens is 2. The van der Waals surface area contributed by atoms with Crippen molar-refractivity contribution >= 4 is 10.0 Å². The van der Waals surface area contributed by atoms with Gasteiger partial charge in [-0.2, -0.15) is 5.10 Å². The van der Waals surface area contributed by atoms with Crippen LogP contribution in [-0.4, -0.2) is 44.9 Å². The second-order valence-corrected chi connectivity index (χ2v) is 6.16. The van der Waals surface area contributed by atoms with E-state index in [-0.39, 0.29) is 17.7 Å². The number of aryl methyl sites for hydroxylation is 1. The summed E-state index contributed by atoms with van der Waals surface area (Å²) < 4.78 is 32.0. The van der Waals surface area contributed by atoms with Gasteiger partial charge in [-0.1, -0.05) is 0 Å². The molecule has 19 heavy (non-hydrogen) atoms. The Labute approximate surface area is 114 Å². The van der Waals surface area contributed by atoms with Gasteiger partial charge in [0.2, 0.25) is 0 Å². The lowest BCUT2D eigenvalue weighted by atomic mass is 10.3. The van der Waals surface area contributed by atoms with Gasteiger partial charge in [0.05, 0.1) is 12.7 Å². The highest BCUT2D eigenvalue weighted by atomic mass is 32.2. The van der Waals surface area contributed by atoms with E-state index in [1.807, 2.05) is 13.8 Å². The molecule has 7 nitrogen and oxygen atoms in total. The lowest BCUT2D eigenvalue weighted by Crippen LogP contribution is -2.29. The number of H-pyrrole nitrogens is 1. The van der Waals surface area contributed by atoms with Gasteiger partial charge < -0.3 is 10.1 Å². The summed E-state index contributed by atoms with van der Waals surface area (Å²) in [5.74, 6) is 0. The molecule has 0 amide bonds. The highest BCUT2D eigenvalue weighted by Crippen LogP contribution is 2.15. The second-order valence-electron chi connectivity index (χ2n) is 4.48. The van der Waals surface area contributed by atoms with E-state index < -0.39 is 10.0 Å². The fourth-order valence-corrected chi connectivity index (χ4v) is 2.78. The first-order valence-electron chi connectivity index (χ1n) is 6.18. The number of rotatable bonds is 8. The Morgan fingerprint density at radius 1 is 1.42 bits per heavy atom. The van der Waals surface area contributed by atoms with E-state index in [0.29, 0.717) is 18.7 Å². The number of aromatic amines is 1. The molecule has 1 aromatic heterocycles. The van der Waals surface area contributed by atoms with Crippen molar-refractivity contribution in [3.05, 3.63) is 11.3 Å². The van der Waals surface area contributed by atoms with E-state index >= 15 is 0 Å². The summed E-state index contributed by atoms with van der Waals surface area (Å²) in [6.07, 6.45) is 0.0805. The molecule has 0 radical (unpaired) electrons. The predicted molar refractivity (Wildman–Crippen MR) is 72.4 cm³/mol. The Hall–Kier alpha value is -0.960. The zero-order valence-corrected chi connectivity index (χ0v) is 12.6. The average molecular weight is 290 g/mol. The maximum absolute atomic E-state index is 12.1. The van der Waals surface area contributed by atoms with Crippen molar-refractivity contribution < 1.29 is 13.2 Å². The normalized spacial score (nSPS) is 12.3. The summed E-state index contributed by atoms with van der Waals surface area (Å²) >= 11 is 0. The van der Waals surface area contributed by atoms with Gasteiger partial charge in [0, 0.05) is 24.3 Å². The minimum absolute atomic E-state index is 0.0453. The smallest absolute Gasteiger partial charge is 0.260 e. The predicted octanol–water partition coefficient (Wildman–Crippen LogP) is 0.141. The first-order chi connectivity index (χ1) is 8.88. The Bertz CT molecular complexity index is 496. The molecule has 1 aromatic rings. The standard InChI is InChI=1S/C11H22N4O3S/c1-8(2)18-6-5-13-19(16,17)11-10(7-12-4)9(3)14-15-11/h8,12-13H,5-7H2,1-4H3,(H,14,15). The Kier molecular flexibility index (Phi) is 5.92. The molecular weight excluding hydrogens is 268 g/mol. The maximum atomic E-state index is 12.1. The van der Waals surface area contributed by atoms with Gasteiger partial charge in [-0.15, -0.1) is 0 Å². The van der Waals surface area contributed by atoms with Crippen LogP contribution in [0.4, 0.5) is 0 Å². The highest BCUT2D eigenvalue weighted by molar-refractivity contribution is 7.89. The number of ether oxygens (including phenoxy) is 1. The number of hydrogen-bond acceptors (Lipinski definition) is 5. The van der Waals surface area contributed by atoms with E-state index in [0.717, 1.165) is 5.69 Å². The van der Waals surface area contributed by atoms with E-state index in [2.05, 4.69) is 20.2 Å². The molecule has 0 aliphatic rings.